The van der Waals surface area contributed by atoms with Gasteiger partial charge in [0.25, 0.3) is 5.91 Å². The van der Waals surface area contributed by atoms with Gasteiger partial charge in [0, 0.05) is 11.3 Å². The Balaban J connectivity index is 1.64. The topological polar surface area (TPSA) is 55.1 Å². The van der Waals surface area contributed by atoms with Crippen molar-refractivity contribution in [2.45, 2.75) is 6.92 Å². The number of carbonyl (C=O) groups is 1. The quantitative estimate of drug-likeness (QED) is 0.490. The number of nitrogens with one attached hydrogen (secondary N) is 1. The Hall–Kier alpha value is -3.25. The van der Waals surface area contributed by atoms with Crippen LogP contribution in [0.2, 0.25) is 0 Å². The lowest BCUT2D eigenvalue weighted by atomic mass is 10.0. The van der Waals surface area contributed by atoms with Crippen molar-refractivity contribution in [2.24, 2.45) is 0 Å². The predicted octanol–water partition coefficient (Wildman–Crippen LogP) is 5.77. The second kappa shape index (κ2) is 7.17. The van der Waals surface area contributed by atoms with Gasteiger partial charge in [0.1, 0.15) is 22.8 Å². The van der Waals surface area contributed by atoms with Crippen molar-refractivity contribution in [1.29, 1.82) is 0 Å². The van der Waals surface area contributed by atoms with Crippen molar-refractivity contribution in [2.75, 3.05) is 5.32 Å². The third-order valence-corrected chi connectivity index (χ3v) is 4.87. The number of rotatable bonds is 4. The maximum atomic E-state index is 13.2. The first-order valence-corrected chi connectivity index (χ1v) is 9.22. The van der Waals surface area contributed by atoms with Crippen molar-refractivity contribution in [3.63, 3.8) is 0 Å². The molecule has 0 atom stereocenters. The lowest BCUT2D eigenvalue weighted by Gasteiger charge is -2.07. The summed E-state index contributed by atoms with van der Waals surface area (Å²) in [5, 5.41) is 10.9. The summed E-state index contributed by atoms with van der Waals surface area (Å²) in [6, 6.07) is 15.4. The number of hydrogen-bond acceptors (Lipinski definition) is 4. The molecule has 0 aliphatic heterocycles. The van der Waals surface area contributed by atoms with Crippen molar-refractivity contribution < 1.29 is 13.7 Å². The Labute approximate surface area is 159 Å². The SMILES string of the molecule is Cc1onc(-c2ccc(F)cc2)c1C(=O)Nc1cccc(-c2ccsc2)c1. The molecule has 1 N–H and O–H groups in total. The Morgan fingerprint density at radius 2 is 1.89 bits per heavy atom. The third kappa shape index (κ3) is 3.52. The Morgan fingerprint density at radius 3 is 2.63 bits per heavy atom. The standard InChI is InChI=1S/C21H15FN2O2S/c1-13-19(20(24-26-13)14-5-7-17(22)8-6-14)21(25)23-18-4-2-3-15(11-18)16-9-10-27-12-16/h2-12H,1H3,(H,23,25). The monoisotopic (exact) mass is 378 g/mol. The lowest BCUT2D eigenvalue weighted by molar-refractivity contribution is 0.102. The van der Waals surface area contributed by atoms with Crippen molar-refractivity contribution in [1.82, 2.24) is 5.16 Å². The van der Waals surface area contributed by atoms with Crippen molar-refractivity contribution in [3.05, 3.63) is 82.5 Å². The van der Waals surface area contributed by atoms with Crippen LogP contribution in [0.5, 0.6) is 0 Å². The molecule has 0 radical (unpaired) electrons. The summed E-state index contributed by atoms with van der Waals surface area (Å²) in [6.07, 6.45) is 0. The number of thiophene rings is 1. The van der Waals surface area contributed by atoms with Crippen LogP contribution in [0, 0.1) is 12.7 Å². The number of aromatic nitrogens is 1. The molecular weight excluding hydrogens is 363 g/mol. The van der Waals surface area contributed by atoms with Gasteiger partial charge in [-0.3, -0.25) is 4.79 Å². The number of aryl methyl sites for hydroxylation is 1. The summed E-state index contributed by atoms with van der Waals surface area (Å²) in [4.78, 5) is 12.9. The van der Waals surface area contributed by atoms with Gasteiger partial charge in [-0.2, -0.15) is 11.3 Å². The molecule has 0 spiro atoms. The molecule has 2 aromatic carbocycles. The minimum absolute atomic E-state index is 0.324. The summed E-state index contributed by atoms with van der Waals surface area (Å²) in [5.74, 6) is -0.272. The molecule has 1 amide bonds. The number of nitrogens with zero attached hydrogens (tertiary/aromatic N) is 1. The second-order valence-electron chi connectivity index (χ2n) is 6.02. The Bertz CT molecular complexity index is 1090. The number of halogens is 1. The number of carbonyl (C=O) groups excluding carboxylic acids is 1. The van der Waals surface area contributed by atoms with E-state index in [-0.39, 0.29) is 11.7 Å². The van der Waals surface area contributed by atoms with Gasteiger partial charge in [-0.25, -0.2) is 4.39 Å². The predicted molar refractivity (Wildman–Crippen MR) is 104 cm³/mol. The highest BCUT2D eigenvalue weighted by Crippen LogP contribution is 2.28. The smallest absolute Gasteiger partial charge is 0.261 e. The average molecular weight is 378 g/mol. The highest BCUT2D eigenvalue weighted by Gasteiger charge is 2.22. The van der Waals surface area contributed by atoms with Crippen LogP contribution in [0.4, 0.5) is 10.1 Å². The van der Waals surface area contributed by atoms with E-state index in [9.17, 15) is 9.18 Å². The first kappa shape index (κ1) is 17.2. The fraction of sp³-hybridized carbons (Fsp3) is 0.0476. The normalized spacial score (nSPS) is 10.7. The fourth-order valence-corrected chi connectivity index (χ4v) is 3.51. The highest BCUT2D eigenvalue weighted by atomic mass is 32.1. The minimum atomic E-state index is -0.352. The maximum absolute atomic E-state index is 13.2. The number of anilines is 1. The maximum Gasteiger partial charge on any atom is 0.261 e. The molecule has 0 saturated heterocycles. The first-order chi connectivity index (χ1) is 13.1. The van der Waals surface area contributed by atoms with E-state index in [2.05, 4.69) is 15.9 Å². The molecule has 4 rings (SSSR count). The van der Waals surface area contributed by atoms with Crippen LogP contribution in [0.25, 0.3) is 22.4 Å². The van der Waals surface area contributed by atoms with E-state index in [1.165, 1.54) is 12.1 Å². The molecule has 27 heavy (non-hydrogen) atoms. The van der Waals surface area contributed by atoms with E-state index in [1.54, 1.807) is 30.4 Å². The van der Waals surface area contributed by atoms with Gasteiger partial charge < -0.3 is 9.84 Å². The van der Waals surface area contributed by atoms with E-state index < -0.39 is 0 Å². The van der Waals surface area contributed by atoms with Crippen LogP contribution in [0.1, 0.15) is 16.1 Å². The van der Waals surface area contributed by atoms with E-state index in [4.69, 9.17) is 4.52 Å². The molecular formula is C21H15FN2O2S. The van der Waals surface area contributed by atoms with Crippen molar-refractivity contribution >= 4 is 22.9 Å². The minimum Gasteiger partial charge on any atom is -0.360 e. The van der Waals surface area contributed by atoms with Crippen LogP contribution in [-0.4, -0.2) is 11.1 Å². The molecule has 134 valence electrons. The molecule has 2 aromatic heterocycles. The van der Waals surface area contributed by atoms with Gasteiger partial charge in [-0.05, 0) is 71.3 Å². The molecule has 0 bridgehead atoms. The van der Waals surface area contributed by atoms with Crippen LogP contribution in [0.3, 0.4) is 0 Å². The summed E-state index contributed by atoms with van der Waals surface area (Å²) in [5.41, 5.74) is 4.14. The van der Waals surface area contributed by atoms with Gasteiger partial charge in [-0.15, -0.1) is 0 Å². The molecule has 4 nitrogen and oxygen atoms in total. The van der Waals surface area contributed by atoms with E-state index >= 15 is 0 Å². The van der Waals surface area contributed by atoms with Gasteiger partial charge in [0.2, 0.25) is 0 Å². The van der Waals surface area contributed by atoms with Crippen LogP contribution in [-0.2, 0) is 0 Å². The van der Waals surface area contributed by atoms with E-state index in [0.717, 1.165) is 11.1 Å². The molecule has 4 aromatic rings. The summed E-state index contributed by atoms with van der Waals surface area (Å²) in [6.45, 7) is 1.68. The molecule has 0 fully saturated rings. The summed E-state index contributed by atoms with van der Waals surface area (Å²) < 4.78 is 18.4. The third-order valence-electron chi connectivity index (χ3n) is 4.18. The molecule has 0 saturated carbocycles. The van der Waals surface area contributed by atoms with Gasteiger partial charge in [-0.1, -0.05) is 17.3 Å². The number of amides is 1. The molecule has 0 unspecified atom stereocenters. The molecule has 6 heteroatoms. The molecule has 2 heterocycles. The van der Waals surface area contributed by atoms with Crippen LogP contribution in [0.15, 0.2) is 69.9 Å². The van der Waals surface area contributed by atoms with Gasteiger partial charge in [0.15, 0.2) is 0 Å². The van der Waals surface area contributed by atoms with Crippen LogP contribution >= 0.6 is 11.3 Å². The molecule has 0 aliphatic carbocycles. The summed E-state index contributed by atoms with van der Waals surface area (Å²) in [7, 11) is 0. The summed E-state index contributed by atoms with van der Waals surface area (Å²) >= 11 is 1.62. The molecule has 0 aliphatic rings. The zero-order valence-corrected chi connectivity index (χ0v) is 15.2. The largest absolute Gasteiger partial charge is 0.360 e. The van der Waals surface area contributed by atoms with E-state index in [1.807, 2.05) is 35.7 Å². The Kier molecular flexibility index (Phi) is 4.56. The average Bonchev–Trinajstić information content (AvgIpc) is 3.32. The highest BCUT2D eigenvalue weighted by molar-refractivity contribution is 7.08. The second-order valence-corrected chi connectivity index (χ2v) is 6.80. The van der Waals surface area contributed by atoms with Crippen molar-refractivity contribution in [3.8, 4) is 22.4 Å². The first-order valence-electron chi connectivity index (χ1n) is 8.28. The van der Waals surface area contributed by atoms with Crippen LogP contribution < -0.4 is 5.32 Å². The number of hydrogen-bond donors (Lipinski definition) is 1. The van der Waals surface area contributed by atoms with Gasteiger partial charge >= 0.3 is 0 Å². The Morgan fingerprint density at radius 1 is 1.07 bits per heavy atom. The van der Waals surface area contributed by atoms with E-state index in [0.29, 0.717) is 28.3 Å². The number of benzene rings is 2. The zero-order valence-electron chi connectivity index (χ0n) is 14.4. The van der Waals surface area contributed by atoms with Gasteiger partial charge in [0.05, 0.1) is 0 Å². The zero-order chi connectivity index (χ0) is 18.8. The fourth-order valence-electron chi connectivity index (χ4n) is 2.84. The lowest BCUT2D eigenvalue weighted by Crippen LogP contribution is -2.13.